The summed E-state index contributed by atoms with van der Waals surface area (Å²) in [6.45, 7) is 0. The van der Waals surface area contributed by atoms with E-state index in [0.717, 1.165) is 5.56 Å². The molecule has 3 N–H and O–H groups in total. The molecule has 0 aromatic heterocycles. The molecule has 6 nitrogen and oxygen atoms in total. The van der Waals surface area contributed by atoms with Crippen LogP contribution in [0.2, 0.25) is 10.0 Å². The number of hydrogen-bond acceptors (Lipinski definition) is 5. The van der Waals surface area contributed by atoms with Crippen molar-refractivity contribution < 1.29 is 14.7 Å². The third kappa shape index (κ3) is 4.23. The number of amides is 2. The Hall–Kier alpha value is -2.38. The monoisotopic (exact) mass is 445 g/mol. The van der Waals surface area contributed by atoms with Gasteiger partial charge in [-0.15, -0.1) is 0 Å². The lowest BCUT2D eigenvalue weighted by Gasteiger charge is -2.40. The Labute approximate surface area is 184 Å². The van der Waals surface area contributed by atoms with Crippen LogP contribution in [0.3, 0.4) is 0 Å². The van der Waals surface area contributed by atoms with E-state index in [4.69, 9.17) is 23.2 Å². The van der Waals surface area contributed by atoms with E-state index in [1.54, 1.807) is 35.4 Å². The smallest absolute Gasteiger partial charge is 0.246 e. The largest absolute Gasteiger partial charge is 0.391 e. The molecule has 2 heterocycles. The van der Waals surface area contributed by atoms with E-state index in [0.29, 0.717) is 28.6 Å². The van der Waals surface area contributed by atoms with E-state index >= 15 is 0 Å². The topological polar surface area (TPSA) is 81.7 Å². The highest BCUT2D eigenvalue weighted by molar-refractivity contribution is 6.36. The number of imide groups is 1. The first-order valence-electron chi connectivity index (χ1n) is 9.69. The maximum absolute atomic E-state index is 12.5. The fourth-order valence-corrected chi connectivity index (χ4v) is 4.35. The second kappa shape index (κ2) is 8.78. The molecule has 156 valence electrons. The molecule has 4 atom stereocenters. The normalized spacial score (nSPS) is 24.4. The number of rotatable bonds is 6. The van der Waals surface area contributed by atoms with E-state index in [2.05, 4.69) is 10.7 Å². The molecule has 0 bridgehead atoms. The van der Waals surface area contributed by atoms with Gasteiger partial charge < -0.3 is 10.5 Å². The molecule has 8 heteroatoms. The van der Waals surface area contributed by atoms with Gasteiger partial charge in [0.25, 0.3) is 0 Å². The van der Waals surface area contributed by atoms with Crippen molar-refractivity contribution in [1.82, 2.24) is 10.3 Å². The summed E-state index contributed by atoms with van der Waals surface area (Å²) in [5.41, 5.74) is 4.79. The van der Waals surface area contributed by atoms with Gasteiger partial charge in [-0.05, 0) is 36.6 Å². The Morgan fingerprint density at radius 3 is 2.57 bits per heavy atom. The number of nitrogens with zero attached hydrogens (tertiary/aromatic N) is 1. The Bertz CT molecular complexity index is 983. The lowest BCUT2D eigenvalue weighted by atomic mass is 9.91. The standard InChI is InChI=1S/C22H21Cl2N3O3/c23-14-7-9-17(16(24)12-14)26-27-18(10-8-15-20(27)22(30)25-21(15)29)19(28)11-6-13-4-2-1-3-5-13/h1-5,7-10,12,15,18-20,26,28H,6,11H2,(H,25,29,30). The fourth-order valence-electron chi connectivity index (χ4n) is 3.90. The zero-order chi connectivity index (χ0) is 21.3. The van der Waals surface area contributed by atoms with Gasteiger partial charge in [-0.2, -0.15) is 0 Å². The van der Waals surface area contributed by atoms with Crippen molar-refractivity contribution >= 4 is 40.7 Å². The molecule has 2 aliphatic rings. The van der Waals surface area contributed by atoms with Crippen LogP contribution in [-0.4, -0.2) is 40.1 Å². The van der Waals surface area contributed by atoms with Gasteiger partial charge >= 0.3 is 0 Å². The number of hydrazine groups is 1. The molecule has 1 saturated heterocycles. The molecule has 2 aromatic rings. The van der Waals surface area contributed by atoms with Crippen LogP contribution in [0.1, 0.15) is 12.0 Å². The number of halogens is 2. The summed E-state index contributed by atoms with van der Waals surface area (Å²) < 4.78 is 0. The van der Waals surface area contributed by atoms with Crippen molar-refractivity contribution in [2.24, 2.45) is 5.92 Å². The number of aryl methyl sites for hydroxylation is 1. The summed E-state index contributed by atoms with van der Waals surface area (Å²) in [7, 11) is 0. The van der Waals surface area contributed by atoms with Crippen molar-refractivity contribution in [2.45, 2.75) is 31.0 Å². The first-order chi connectivity index (χ1) is 14.4. The molecular formula is C22H21Cl2N3O3. The van der Waals surface area contributed by atoms with Gasteiger partial charge in [0.05, 0.1) is 28.8 Å². The molecule has 2 amide bonds. The van der Waals surface area contributed by atoms with Gasteiger partial charge in [-0.3, -0.25) is 14.9 Å². The highest BCUT2D eigenvalue weighted by Crippen LogP contribution is 2.32. The lowest BCUT2D eigenvalue weighted by molar-refractivity contribution is -0.126. The first kappa shape index (κ1) is 20.9. The third-order valence-electron chi connectivity index (χ3n) is 5.44. The quantitative estimate of drug-likeness (QED) is 0.469. The minimum absolute atomic E-state index is 0.354. The average Bonchev–Trinajstić information content (AvgIpc) is 3.03. The Kier molecular flexibility index (Phi) is 6.11. The van der Waals surface area contributed by atoms with Crippen LogP contribution < -0.4 is 10.7 Å². The number of hydrogen-bond donors (Lipinski definition) is 3. The number of carbonyl (C=O) groups is 2. The molecule has 4 unspecified atom stereocenters. The molecule has 0 saturated carbocycles. The van der Waals surface area contributed by atoms with Crippen molar-refractivity contribution in [2.75, 3.05) is 5.43 Å². The second-order valence-corrected chi connectivity index (χ2v) is 8.28. The zero-order valence-corrected chi connectivity index (χ0v) is 17.5. The molecule has 30 heavy (non-hydrogen) atoms. The fraction of sp³-hybridized carbons (Fsp3) is 0.273. The number of nitrogens with one attached hydrogen (secondary N) is 2. The summed E-state index contributed by atoms with van der Waals surface area (Å²) >= 11 is 12.3. The van der Waals surface area contributed by atoms with Crippen LogP contribution in [0.5, 0.6) is 0 Å². The van der Waals surface area contributed by atoms with Crippen LogP contribution in [-0.2, 0) is 16.0 Å². The summed E-state index contributed by atoms with van der Waals surface area (Å²) in [6, 6.07) is 13.5. The number of benzene rings is 2. The zero-order valence-electron chi connectivity index (χ0n) is 16.0. The van der Waals surface area contributed by atoms with Crippen molar-refractivity contribution in [1.29, 1.82) is 0 Å². The highest BCUT2D eigenvalue weighted by Gasteiger charge is 2.49. The van der Waals surface area contributed by atoms with E-state index in [-0.39, 0.29) is 5.91 Å². The molecule has 4 rings (SSSR count). The SMILES string of the molecule is O=C1NC(=O)C2C1C=CC(C(O)CCc1ccccc1)N2Nc1ccc(Cl)cc1Cl. The predicted molar refractivity (Wildman–Crippen MR) is 116 cm³/mol. The molecule has 2 aliphatic heterocycles. The predicted octanol–water partition coefficient (Wildman–Crippen LogP) is 3.20. The summed E-state index contributed by atoms with van der Waals surface area (Å²) in [6.07, 6.45) is 3.86. The van der Waals surface area contributed by atoms with Gasteiger partial charge in [-0.1, -0.05) is 65.7 Å². The number of carbonyl (C=O) groups excluding carboxylic acids is 2. The van der Waals surface area contributed by atoms with Crippen LogP contribution in [0.25, 0.3) is 0 Å². The van der Waals surface area contributed by atoms with Gasteiger partial charge in [-0.25, -0.2) is 5.01 Å². The molecule has 2 aromatic carbocycles. The van der Waals surface area contributed by atoms with Crippen molar-refractivity contribution in [3.63, 3.8) is 0 Å². The molecule has 0 aliphatic carbocycles. The van der Waals surface area contributed by atoms with E-state index < -0.39 is 30.0 Å². The van der Waals surface area contributed by atoms with Gasteiger partial charge in [0, 0.05) is 5.02 Å². The average molecular weight is 446 g/mol. The van der Waals surface area contributed by atoms with Gasteiger partial charge in [0.15, 0.2) is 0 Å². The van der Waals surface area contributed by atoms with Gasteiger partial charge in [0.2, 0.25) is 11.8 Å². The van der Waals surface area contributed by atoms with Crippen LogP contribution in [0.15, 0.2) is 60.7 Å². The number of anilines is 1. The molecule has 0 radical (unpaired) electrons. The van der Waals surface area contributed by atoms with E-state index in [9.17, 15) is 14.7 Å². The number of fused-ring (bicyclic) bond motifs is 1. The summed E-state index contributed by atoms with van der Waals surface area (Å²) in [5, 5.41) is 15.8. The van der Waals surface area contributed by atoms with Crippen LogP contribution >= 0.6 is 23.2 Å². The second-order valence-electron chi connectivity index (χ2n) is 7.43. The third-order valence-corrected chi connectivity index (χ3v) is 5.99. The number of aliphatic hydroxyl groups is 1. The number of aliphatic hydroxyl groups excluding tert-OH is 1. The maximum atomic E-state index is 12.5. The lowest BCUT2D eigenvalue weighted by Crippen LogP contribution is -2.57. The van der Waals surface area contributed by atoms with Crippen molar-refractivity contribution in [3.8, 4) is 0 Å². The molecular weight excluding hydrogens is 425 g/mol. The van der Waals surface area contributed by atoms with Gasteiger partial charge in [0.1, 0.15) is 6.04 Å². The van der Waals surface area contributed by atoms with Crippen LogP contribution in [0, 0.1) is 5.92 Å². The molecule has 0 spiro atoms. The minimum Gasteiger partial charge on any atom is -0.391 e. The minimum atomic E-state index is -0.786. The highest BCUT2D eigenvalue weighted by atomic mass is 35.5. The van der Waals surface area contributed by atoms with Crippen molar-refractivity contribution in [3.05, 3.63) is 76.3 Å². The molecule has 1 fully saturated rings. The first-order valence-corrected chi connectivity index (χ1v) is 10.4. The van der Waals surface area contributed by atoms with E-state index in [1.807, 2.05) is 30.3 Å². The van der Waals surface area contributed by atoms with Crippen LogP contribution in [0.4, 0.5) is 5.69 Å². The summed E-state index contributed by atoms with van der Waals surface area (Å²) in [5.74, 6) is -1.40. The maximum Gasteiger partial charge on any atom is 0.246 e. The summed E-state index contributed by atoms with van der Waals surface area (Å²) in [4.78, 5) is 24.7. The Morgan fingerprint density at radius 2 is 1.83 bits per heavy atom. The Balaban J connectivity index is 1.59. The van der Waals surface area contributed by atoms with E-state index in [1.165, 1.54) is 0 Å². The Morgan fingerprint density at radius 1 is 1.07 bits per heavy atom.